The lowest BCUT2D eigenvalue weighted by Crippen LogP contribution is -2.34. The Morgan fingerprint density at radius 3 is 2.18 bits per heavy atom. The van der Waals surface area contributed by atoms with Crippen LogP contribution in [0.1, 0.15) is 43.5 Å². The number of ether oxygens (including phenoxy) is 2. The summed E-state index contributed by atoms with van der Waals surface area (Å²) >= 11 is 1.40. The Morgan fingerprint density at radius 2 is 1.61 bits per heavy atom. The second-order valence-corrected chi connectivity index (χ2v) is 12.1. The zero-order chi connectivity index (χ0) is 27.9. The number of rotatable bonds is 14. The summed E-state index contributed by atoms with van der Waals surface area (Å²) in [5.74, 6) is 0.931. The van der Waals surface area contributed by atoms with Gasteiger partial charge in [-0.2, -0.15) is 4.31 Å². The van der Waals surface area contributed by atoms with Gasteiger partial charge in [0.05, 0.1) is 29.3 Å². The fourth-order valence-electron chi connectivity index (χ4n) is 4.04. The molecule has 1 amide bonds. The van der Waals surface area contributed by atoms with Gasteiger partial charge in [-0.3, -0.25) is 9.69 Å². The molecular weight excluding hydrogens is 524 g/mol. The van der Waals surface area contributed by atoms with E-state index in [4.69, 9.17) is 14.5 Å². The number of benzene rings is 2. The second kappa shape index (κ2) is 13.4. The van der Waals surface area contributed by atoms with Crippen molar-refractivity contribution in [3.63, 3.8) is 0 Å². The van der Waals surface area contributed by atoms with Gasteiger partial charge >= 0.3 is 0 Å². The normalized spacial score (nSPS) is 11.9. The Morgan fingerprint density at radius 1 is 0.947 bits per heavy atom. The zero-order valence-electron chi connectivity index (χ0n) is 23.1. The van der Waals surface area contributed by atoms with Crippen molar-refractivity contribution >= 4 is 42.6 Å². The molecule has 0 saturated heterocycles. The third-order valence-corrected chi connectivity index (χ3v) is 9.23. The number of carbonyl (C=O) groups excluding carboxylic acids is 1. The van der Waals surface area contributed by atoms with E-state index < -0.39 is 10.0 Å². The van der Waals surface area contributed by atoms with Crippen molar-refractivity contribution in [2.75, 3.05) is 59.4 Å². The predicted octanol–water partition coefficient (Wildman–Crippen LogP) is 4.72. The van der Waals surface area contributed by atoms with Crippen molar-refractivity contribution in [3.8, 4) is 11.5 Å². The van der Waals surface area contributed by atoms with Gasteiger partial charge in [0.2, 0.25) is 10.0 Å². The lowest BCUT2D eigenvalue weighted by atomic mass is 10.2. The quantitative estimate of drug-likeness (QED) is 0.281. The van der Waals surface area contributed by atoms with E-state index in [0.29, 0.717) is 47.3 Å². The van der Waals surface area contributed by atoms with E-state index in [1.54, 1.807) is 37.3 Å². The molecule has 3 aromatic rings. The van der Waals surface area contributed by atoms with E-state index in [1.165, 1.54) is 27.8 Å². The van der Waals surface area contributed by atoms with Gasteiger partial charge in [0.15, 0.2) is 16.6 Å². The molecule has 11 heteroatoms. The molecule has 0 spiro atoms. The number of hydrogen-bond acceptors (Lipinski definition) is 8. The molecule has 0 aliphatic carbocycles. The molecule has 9 nitrogen and oxygen atoms in total. The Bertz CT molecular complexity index is 1280. The van der Waals surface area contributed by atoms with Crippen LogP contribution in [-0.2, 0) is 10.0 Å². The summed E-state index contributed by atoms with van der Waals surface area (Å²) in [6, 6.07) is 9.86. The molecule has 0 atom stereocenters. The first-order valence-corrected chi connectivity index (χ1v) is 15.0. The van der Waals surface area contributed by atoms with E-state index in [9.17, 15) is 13.2 Å². The van der Waals surface area contributed by atoms with E-state index in [0.717, 1.165) is 30.5 Å². The number of sulfonamides is 1. The largest absolute Gasteiger partial charge is 0.493 e. The number of hydrogen-bond donors (Lipinski definition) is 0. The minimum Gasteiger partial charge on any atom is -0.493 e. The summed E-state index contributed by atoms with van der Waals surface area (Å²) in [7, 11) is 3.50. The van der Waals surface area contributed by atoms with Gasteiger partial charge in [-0.15, -0.1) is 0 Å². The maximum absolute atomic E-state index is 13.7. The Balaban J connectivity index is 1.94. The van der Waals surface area contributed by atoms with Crippen LogP contribution in [0.4, 0.5) is 5.13 Å². The van der Waals surface area contributed by atoms with Crippen molar-refractivity contribution in [1.29, 1.82) is 0 Å². The smallest absolute Gasteiger partial charge is 0.260 e. The Hall–Kier alpha value is -2.73. The highest BCUT2D eigenvalue weighted by atomic mass is 32.2. The van der Waals surface area contributed by atoms with Gasteiger partial charge in [0.25, 0.3) is 5.91 Å². The van der Waals surface area contributed by atoms with Gasteiger partial charge < -0.3 is 14.4 Å². The highest BCUT2D eigenvalue weighted by Gasteiger charge is 2.25. The Kier molecular flexibility index (Phi) is 10.5. The maximum Gasteiger partial charge on any atom is 0.260 e. The van der Waals surface area contributed by atoms with E-state index >= 15 is 0 Å². The van der Waals surface area contributed by atoms with Crippen molar-refractivity contribution in [1.82, 2.24) is 14.2 Å². The standard InChI is InChI=1S/C27H38N4O5S2/c1-7-9-16-30(8-2)38(33,34)21-13-11-20(12-14-21)26(32)31(17-10-15-29(3)4)27-28-22-18-23(35-5)24(36-6)19-25(22)37-27/h11-14,18-19H,7-10,15-17H2,1-6H3. The number of fused-ring (bicyclic) bond motifs is 1. The molecule has 3 rings (SSSR count). The first kappa shape index (κ1) is 29.8. The molecule has 0 aliphatic rings. The number of unbranched alkanes of at least 4 members (excludes halogenated alkanes) is 1. The van der Waals surface area contributed by atoms with Crippen molar-refractivity contribution in [3.05, 3.63) is 42.0 Å². The highest BCUT2D eigenvalue weighted by molar-refractivity contribution is 7.89. The average molecular weight is 563 g/mol. The van der Waals surface area contributed by atoms with Crippen LogP contribution in [0.5, 0.6) is 11.5 Å². The molecule has 0 N–H and O–H groups in total. The van der Waals surface area contributed by atoms with Gasteiger partial charge in [-0.1, -0.05) is 31.6 Å². The summed E-state index contributed by atoms with van der Waals surface area (Å²) in [5, 5.41) is 0.562. The highest BCUT2D eigenvalue weighted by Crippen LogP contribution is 2.37. The van der Waals surface area contributed by atoms with Crippen LogP contribution in [0.25, 0.3) is 10.2 Å². The average Bonchev–Trinajstić information content (AvgIpc) is 3.32. The molecule has 1 aromatic heterocycles. The third-order valence-electron chi connectivity index (χ3n) is 6.20. The monoisotopic (exact) mass is 562 g/mol. The predicted molar refractivity (Wildman–Crippen MR) is 153 cm³/mol. The molecule has 1 heterocycles. The molecule has 0 radical (unpaired) electrons. The SMILES string of the molecule is CCCCN(CC)S(=O)(=O)c1ccc(C(=O)N(CCCN(C)C)c2nc3cc(OC)c(OC)cc3s2)cc1. The van der Waals surface area contributed by atoms with Crippen LogP contribution in [0.3, 0.4) is 0 Å². The summed E-state index contributed by atoms with van der Waals surface area (Å²) in [6.07, 6.45) is 2.45. The first-order chi connectivity index (χ1) is 18.2. The number of aromatic nitrogens is 1. The molecular formula is C27H38N4O5S2. The molecule has 0 aliphatic heterocycles. The summed E-state index contributed by atoms with van der Waals surface area (Å²) in [5.41, 5.74) is 1.11. The molecule has 208 valence electrons. The Labute approximate surface area is 230 Å². The zero-order valence-corrected chi connectivity index (χ0v) is 24.7. The fourth-order valence-corrected chi connectivity index (χ4v) is 6.53. The lowest BCUT2D eigenvalue weighted by molar-refractivity contribution is 0.0986. The molecule has 0 unspecified atom stereocenters. The molecule has 38 heavy (non-hydrogen) atoms. The van der Waals surface area contributed by atoms with Crippen LogP contribution in [0.15, 0.2) is 41.3 Å². The number of nitrogens with zero attached hydrogens (tertiary/aromatic N) is 4. The van der Waals surface area contributed by atoms with E-state index in [1.807, 2.05) is 34.0 Å². The lowest BCUT2D eigenvalue weighted by Gasteiger charge is -2.22. The minimum absolute atomic E-state index is 0.185. The number of anilines is 1. The summed E-state index contributed by atoms with van der Waals surface area (Å²) in [4.78, 5) is 22.4. The van der Waals surface area contributed by atoms with Crippen molar-refractivity contribution in [2.45, 2.75) is 38.0 Å². The second-order valence-electron chi connectivity index (χ2n) is 9.16. The van der Waals surface area contributed by atoms with Crippen LogP contribution < -0.4 is 14.4 Å². The third kappa shape index (κ3) is 6.82. The maximum atomic E-state index is 13.7. The number of methoxy groups -OCH3 is 2. The number of amides is 1. The first-order valence-electron chi connectivity index (χ1n) is 12.8. The van der Waals surface area contributed by atoms with Crippen LogP contribution in [0.2, 0.25) is 0 Å². The van der Waals surface area contributed by atoms with Crippen LogP contribution in [-0.4, -0.2) is 83.0 Å². The van der Waals surface area contributed by atoms with Crippen molar-refractivity contribution < 1.29 is 22.7 Å². The number of carbonyl (C=O) groups is 1. The summed E-state index contributed by atoms with van der Waals surface area (Å²) < 4.78 is 39.4. The number of thiazole rings is 1. The minimum atomic E-state index is -3.62. The van der Waals surface area contributed by atoms with E-state index in [2.05, 4.69) is 4.90 Å². The van der Waals surface area contributed by atoms with Crippen LogP contribution in [0, 0.1) is 0 Å². The molecule has 0 saturated carbocycles. The molecule has 2 aromatic carbocycles. The fraction of sp³-hybridized carbons (Fsp3) is 0.481. The van der Waals surface area contributed by atoms with E-state index in [-0.39, 0.29) is 10.8 Å². The van der Waals surface area contributed by atoms with Gasteiger partial charge in [0.1, 0.15) is 0 Å². The van der Waals surface area contributed by atoms with Gasteiger partial charge in [-0.05, 0) is 57.7 Å². The van der Waals surface area contributed by atoms with Gasteiger partial charge in [0, 0.05) is 37.3 Å². The van der Waals surface area contributed by atoms with Gasteiger partial charge in [-0.25, -0.2) is 13.4 Å². The van der Waals surface area contributed by atoms with Crippen molar-refractivity contribution in [2.24, 2.45) is 0 Å². The molecule has 0 fully saturated rings. The summed E-state index contributed by atoms with van der Waals surface area (Å²) in [6.45, 7) is 6.01. The topological polar surface area (TPSA) is 92.3 Å². The molecule has 0 bridgehead atoms. The van der Waals surface area contributed by atoms with Crippen LogP contribution >= 0.6 is 11.3 Å².